The summed E-state index contributed by atoms with van der Waals surface area (Å²) in [6, 6.07) is 0. The number of carboxylic acid groups (broad SMARTS) is 1. The van der Waals surface area contributed by atoms with Gasteiger partial charge < -0.3 is 20.3 Å². The number of hydrogen-bond donors (Lipinski definition) is 3. The van der Waals surface area contributed by atoms with Gasteiger partial charge in [0.15, 0.2) is 0 Å². The lowest BCUT2D eigenvalue weighted by Gasteiger charge is -2.26. The number of ether oxygens (including phenoxy) is 1. The number of carboxylic acids is 1. The molecule has 1 amide bonds. The van der Waals surface area contributed by atoms with Gasteiger partial charge in [0.05, 0.1) is 18.4 Å². The summed E-state index contributed by atoms with van der Waals surface area (Å²) in [6.07, 6.45) is 4.91. The third-order valence-corrected chi connectivity index (χ3v) is 3.76. The lowest BCUT2D eigenvalue weighted by atomic mass is 9.82. The number of rotatable bonds is 4. The predicted octanol–water partition coefficient (Wildman–Crippen LogP) is -0.0790. The molecule has 1 aliphatic heterocycles. The van der Waals surface area contributed by atoms with Crippen LogP contribution in [0.3, 0.4) is 0 Å². The minimum absolute atomic E-state index is 0.110. The molecule has 0 saturated carbocycles. The molecule has 3 atom stereocenters. The molecule has 1 unspecified atom stereocenters. The van der Waals surface area contributed by atoms with E-state index in [2.05, 4.69) is 5.32 Å². The van der Waals surface area contributed by atoms with E-state index < -0.39 is 23.4 Å². The Balaban J connectivity index is 1.91. The van der Waals surface area contributed by atoms with Crippen molar-refractivity contribution in [3.8, 4) is 0 Å². The van der Waals surface area contributed by atoms with Gasteiger partial charge in [-0.3, -0.25) is 9.59 Å². The van der Waals surface area contributed by atoms with Gasteiger partial charge in [0.25, 0.3) is 0 Å². The summed E-state index contributed by atoms with van der Waals surface area (Å²) in [5, 5.41) is 21.8. The molecule has 1 aliphatic carbocycles. The van der Waals surface area contributed by atoms with E-state index in [1.54, 1.807) is 6.08 Å². The molecular weight excluding hydrogens is 250 g/mol. The minimum atomic E-state index is -1.01. The third-order valence-electron chi connectivity index (χ3n) is 3.76. The molecule has 2 rings (SSSR count). The minimum Gasteiger partial charge on any atom is -0.481 e. The summed E-state index contributed by atoms with van der Waals surface area (Å²) in [5.74, 6) is -2.50. The Kier molecular flexibility index (Phi) is 4.21. The Labute approximate surface area is 111 Å². The van der Waals surface area contributed by atoms with Gasteiger partial charge in [0, 0.05) is 19.6 Å². The number of aliphatic carboxylic acids is 1. The number of aliphatic hydroxyl groups is 1. The molecule has 0 aromatic heterocycles. The molecule has 106 valence electrons. The van der Waals surface area contributed by atoms with Crippen LogP contribution in [-0.4, -0.2) is 47.4 Å². The second kappa shape index (κ2) is 5.71. The zero-order valence-corrected chi connectivity index (χ0v) is 10.7. The van der Waals surface area contributed by atoms with Crippen LogP contribution in [0.4, 0.5) is 0 Å². The number of allylic oxidation sites excluding steroid dienone is 2. The van der Waals surface area contributed by atoms with Crippen LogP contribution in [0.5, 0.6) is 0 Å². The molecule has 19 heavy (non-hydrogen) atoms. The van der Waals surface area contributed by atoms with Crippen molar-refractivity contribution >= 4 is 11.9 Å². The van der Waals surface area contributed by atoms with Gasteiger partial charge in [-0.05, 0) is 12.8 Å². The van der Waals surface area contributed by atoms with Crippen molar-refractivity contribution in [2.45, 2.75) is 24.9 Å². The van der Waals surface area contributed by atoms with Crippen LogP contribution in [-0.2, 0) is 14.3 Å². The normalized spacial score (nSPS) is 34.2. The molecule has 2 aliphatic rings. The highest BCUT2D eigenvalue weighted by atomic mass is 16.5. The van der Waals surface area contributed by atoms with Gasteiger partial charge >= 0.3 is 5.97 Å². The zero-order chi connectivity index (χ0) is 13.9. The first kappa shape index (κ1) is 14.0. The smallest absolute Gasteiger partial charge is 0.307 e. The highest BCUT2D eigenvalue weighted by molar-refractivity contribution is 5.85. The molecule has 0 bridgehead atoms. The molecule has 0 aromatic carbocycles. The average Bonchev–Trinajstić information content (AvgIpc) is 2.83. The van der Waals surface area contributed by atoms with Crippen LogP contribution in [0.1, 0.15) is 19.3 Å². The molecule has 1 saturated heterocycles. The van der Waals surface area contributed by atoms with Crippen LogP contribution in [0.15, 0.2) is 12.2 Å². The van der Waals surface area contributed by atoms with Crippen LogP contribution < -0.4 is 5.32 Å². The predicted molar refractivity (Wildman–Crippen MR) is 66.4 cm³/mol. The largest absolute Gasteiger partial charge is 0.481 e. The van der Waals surface area contributed by atoms with Gasteiger partial charge in [-0.25, -0.2) is 0 Å². The summed E-state index contributed by atoms with van der Waals surface area (Å²) in [6.45, 7) is 0.800. The van der Waals surface area contributed by atoms with Crippen molar-refractivity contribution in [3.63, 3.8) is 0 Å². The van der Waals surface area contributed by atoms with Crippen LogP contribution in [0.2, 0.25) is 0 Å². The molecule has 6 nitrogen and oxygen atoms in total. The number of carbonyl (C=O) groups excluding carboxylic acids is 1. The second-order valence-electron chi connectivity index (χ2n) is 5.24. The van der Waals surface area contributed by atoms with Gasteiger partial charge in [0.1, 0.15) is 5.60 Å². The Morgan fingerprint density at radius 3 is 2.58 bits per heavy atom. The van der Waals surface area contributed by atoms with E-state index >= 15 is 0 Å². The van der Waals surface area contributed by atoms with Crippen molar-refractivity contribution in [2.24, 2.45) is 11.8 Å². The highest BCUT2D eigenvalue weighted by Gasteiger charge is 2.37. The van der Waals surface area contributed by atoms with E-state index in [1.165, 1.54) is 0 Å². The fraction of sp³-hybridized carbons (Fsp3) is 0.692. The zero-order valence-electron chi connectivity index (χ0n) is 10.7. The van der Waals surface area contributed by atoms with E-state index in [0.717, 1.165) is 0 Å². The van der Waals surface area contributed by atoms with Crippen LogP contribution in [0.25, 0.3) is 0 Å². The summed E-state index contributed by atoms with van der Waals surface area (Å²) < 4.78 is 5.09. The highest BCUT2D eigenvalue weighted by Crippen LogP contribution is 2.26. The summed E-state index contributed by atoms with van der Waals surface area (Å²) in [4.78, 5) is 23.2. The molecular formula is C13H19NO5. The first-order chi connectivity index (χ1) is 9.02. The average molecular weight is 269 g/mol. The van der Waals surface area contributed by atoms with Crippen molar-refractivity contribution in [3.05, 3.63) is 12.2 Å². The molecule has 6 heteroatoms. The van der Waals surface area contributed by atoms with Gasteiger partial charge in [0.2, 0.25) is 5.91 Å². The monoisotopic (exact) mass is 269 g/mol. The number of hydrogen-bond acceptors (Lipinski definition) is 4. The maximum absolute atomic E-state index is 12.1. The van der Waals surface area contributed by atoms with E-state index in [4.69, 9.17) is 9.84 Å². The maximum Gasteiger partial charge on any atom is 0.307 e. The number of amides is 1. The summed E-state index contributed by atoms with van der Waals surface area (Å²) in [7, 11) is 0. The standard InChI is InChI=1S/C13H19NO5/c15-11(14-7-13(18)5-6-19-8-13)9-3-1-2-4-10(9)12(16)17/h1-2,9-10,18H,3-8H2,(H,14,15)(H,16,17)/t9-,10+,13?/m1/s1. The van der Waals surface area contributed by atoms with Crippen LogP contribution >= 0.6 is 0 Å². The Hall–Kier alpha value is -1.40. The first-order valence-electron chi connectivity index (χ1n) is 6.47. The molecule has 3 N–H and O–H groups in total. The fourth-order valence-electron chi connectivity index (χ4n) is 2.50. The van der Waals surface area contributed by atoms with Crippen molar-refractivity contribution in [2.75, 3.05) is 19.8 Å². The lowest BCUT2D eigenvalue weighted by molar-refractivity contribution is -0.147. The van der Waals surface area contributed by atoms with Gasteiger partial charge in [-0.1, -0.05) is 12.2 Å². The quantitative estimate of drug-likeness (QED) is 0.620. The topological polar surface area (TPSA) is 95.9 Å². The molecule has 0 aromatic rings. The number of nitrogens with one attached hydrogen (secondary N) is 1. The Bertz CT molecular complexity index is 386. The van der Waals surface area contributed by atoms with E-state index in [-0.39, 0.29) is 19.1 Å². The first-order valence-corrected chi connectivity index (χ1v) is 6.47. The number of carbonyl (C=O) groups is 2. The van der Waals surface area contributed by atoms with E-state index in [9.17, 15) is 14.7 Å². The van der Waals surface area contributed by atoms with Crippen LogP contribution in [0, 0.1) is 11.8 Å². The molecule has 0 spiro atoms. The summed E-state index contributed by atoms with van der Waals surface area (Å²) >= 11 is 0. The Morgan fingerprint density at radius 2 is 2.00 bits per heavy atom. The van der Waals surface area contributed by atoms with E-state index in [0.29, 0.717) is 25.9 Å². The maximum atomic E-state index is 12.1. The van der Waals surface area contributed by atoms with Gasteiger partial charge in [-0.2, -0.15) is 0 Å². The van der Waals surface area contributed by atoms with Crippen molar-refractivity contribution < 1.29 is 24.5 Å². The molecule has 1 heterocycles. The molecule has 1 fully saturated rings. The molecule has 0 radical (unpaired) electrons. The third kappa shape index (κ3) is 3.33. The van der Waals surface area contributed by atoms with Crippen molar-refractivity contribution in [1.82, 2.24) is 5.32 Å². The summed E-state index contributed by atoms with van der Waals surface area (Å²) in [5.41, 5.74) is -1.01. The van der Waals surface area contributed by atoms with Gasteiger partial charge in [-0.15, -0.1) is 0 Å². The second-order valence-corrected chi connectivity index (χ2v) is 5.24. The lowest BCUT2D eigenvalue weighted by Crippen LogP contribution is -2.47. The van der Waals surface area contributed by atoms with Crippen molar-refractivity contribution in [1.29, 1.82) is 0 Å². The SMILES string of the molecule is O=C(O)[C@H]1CC=CC[C@H]1C(=O)NCC1(O)CCOC1. The fourth-order valence-corrected chi connectivity index (χ4v) is 2.50. The van der Waals surface area contributed by atoms with E-state index in [1.807, 2.05) is 6.08 Å². The Morgan fingerprint density at radius 1 is 1.32 bits per heavy atom.